The second kappa shape index (κ2) is 11.1. The molecular weight excluding hydrogens is 490 g/mol. The first-order valence-electron chi connectivity index (χ1n) is 13.2. The highest BCUT2D eigenvalue weighted by Crippen LogP contribution is 2.34. The van der Waals surface area contributed by atoms with E-state index in [4.69, 9.17) is 13.7 Å². The molecule has 2 heterocycles. The van der Waals surface area contributed by atoms with Gasteiger partial charge in [0.1, 0.15) is 11.4 Å². The van der Waals surface area contributed by atoms with Gasteiger partial charge in [0.15, 0.2) is 0 Å². The van der Waals surface area contributed by atoms with E-state index in [1.165, 1.54) is 15.4 Å². The van der Waals surface area contributed by atoms with Gasteiger partial charge >= 0.3 is 16.3 Å². The number of piperidine rings is 1. The molecule has 2 fully saturated rings. The largest absolute Gasteiger partial charge is 0.488 e. The molecule has 2 atom stereocenters. The summed E-state index contributed by atoms with van der Waals surface area (Å²) >= 11 is 0. The predicted molar refractivity (Wildman–Crippen MR) is 144 cm³/mol. The monoisotopic (exact) mass is 529 g/mol. The Morgan fingerprint density at radius 3 is 2.43 bits per heavy atom. The van der Waals surface area contributed by atoms with Gasteiger partial charge in [-0.1, -0.05) is 30.3 Å². The third kappa shape index (κ3) is 7.12. The molecule has 0 bridgehead atoms. The SMILES string of the molecule is Cc1cc(C2CCN(S(=O)(=O)OC(=O)C3CCOC(C)C3)CC2)ccc1-c1cccc(OC(C)(C)C)c1. The summed E-state index contributed by atoms with van der Waals surface area (Å²) in [6.45, 7) is 11.2. The van der Waals surface area contributed by atoms with Gasteiger partial charge in [0.2, 0.25) is 0 Å². The Morgan fingerprint density at radius 2 is 1.78 bits per heavy atom. The van der Waals surface area contributed by atoms with Crippen LogP contribution in [0.3, 0.4) is 0 Å². The lowest BCUT2D eigenvalue weighted by molar-refractivity contribution is -0.143. The summed E-state index contributed by atoms with van der Waals surface area (Å²) in [5.41, 5.74) is 4.36. The lowest BCUT2D eigenvalue weighted by Gasteiger charge is -2.31. The molecule has 2 saturated heterocycles. The van der Waals surface area contributed by atoms with E-state index in [0.29, 0.717) is 45.4 Å². The van der Waals surface area contributed by atoms with Crippen molar-refractivity contribution in [1.29, 1.82) is 0 Å². The third-order valence-electron chi connectivity index (χ3n) is 7.07. The first kappa shape index (κ1) is 27.6. The summed E-state index contributed by atoms with van der Waals surface area (Å²) in [5.74, 6) is -0.00498. The van der Waals surface area contributed by atoms with Gasteiger partial charge in [-0.25, -0.2) is 0 Å². The van der Waals surface area contributed by atoms with Crippen LogP contribution in [-0.2, 0) is 24.0 Å². The molecule has 0 aliphatic carbocycles. The van der Waals surface area contributed by atoms with Crippen LogP contribution in [0.5, 0.6) is 5.75 Å². The Bertz CT molecular complexity index is 1210. The van der Waals surface area contributed by atoms with Crippen LogP contribution in [0.2, 0.25) is 0 Å². The van der Waals surface area contributed by atoms with Crippen LogP contribution in [0.25, 0.3) is 11.1 Å². The topological polar surface area (TPSA) is 82.1 Å². The maximum absolute atomic E-state index is 12.8. The molecule has 0 saturated carbocycles. The van der Waals surface area contributed by atoms with Crippen LogP contribution in [0.15, 0.2) is 42.5 Å². The number of carbonyl (C=O) groups excluding carboxylic acids is 1. The summed E-state index contributed by atoms with van der Waals surface area (Å²) < 4.78 is 43.4. The average Bonchev–Trinajstić information content (AvgIpc) is 2.83. The Morgan fingerprint density at radius 1 is 1.05 bits per heavy atom. The minimum absolute atomic E-state index is 0.0691. The molecule has 0 radical (unpaired) electrons. The van der Waals surface area contributed by atoms with Gasteiger partial charge in [-0.15, -0.1) is 0 Å². The van der Waals surface area contributed by atoms with E-state index >= 15 is 0 Å². The quantitative estimate of drug-likeness (QED) is 0.483. The fourth-order valence-electron chi connectivity index (χ4n) is 5.19. The van der Waals surface area contributed by atoms with Gasteiger partial charge < -0.3 is 13.7 Å². The normalized spacial score (nSPS) is 22.0. The zero-order valence-electron chi connectivity index (χ0n) is 22.5. The van der Waals surface area contributed by atoms with E-state index in [9.17, 15) is 13.2 Å². The molecule has 4 rings (SSSR count). The Balaban J connectivity index is 1.38. The zero-order chi connectivity index (χ0) is 26.8. The van der Waals surface area contributed by atoms with Crippen molar-refractivity contribution in [2.45, 2.75) is 77.9 Å². The molecule has 0 aromatic heterocycles. The third-order valence-corrected chi connectivity index (χ3v) is 8.44. The van der Waals surface area contributed by atoms with Crippen LogP contribution in [0.1, 0.15) is 70.4 Å². The van der Waals surface area contributed by atoms with Crippen molar-refractivity contribution in [1.82, 2.24) is 4.31 Å². The molecule has 0 spiro atoms. The first-order chi connectivity index (χ1) is 17.4. The number of carbonyl (C=O) groups is 1. The van der Waals surface area contributed by atoms with Crippen molar-refractivity contribution in [2.24, 2.45) is 5.92 Å². The molecule has 2 aromatic carbocycles. The van der Waals surface area contributed by atoms with E-state index in [0.717, 1.165) is 16.9 Å². The zero-order valence-corrected chi connectivity index (χ0v) is 23.3. The summed E-state index contributed by atoms with van der Waals surface area (Å²) in [5, 5.41) is 0. The molecule has 7 nitrogen and oxygen atoms in total. The van der Waals surface area contributed by atoms with Crippen LogP contribution in [-0.4, -0.2) is 50.1 Å². The molecule has 0 N–H and O–H groups in total. The minimum atomic E-state index is -4.09. The van der Waals surface area contributed by atoms with E-state index in [1.807, 2.05) is 39.8 Å². The van der Waals surface area contributed by atoms with Crippen molar-refractivity contribution < 1.29 is 26.9 Å². The van der Waals surface area contributed by atoms with Crippen molar-refractivity contribution in [3.63, 3.8) is 0 Å². The molecule has 2 aliphatic rings. The molecule has 8 heteroatoms. The van der Waals surface area contributed by atoms with Gasteiger partial charge in [-0.3, -0.25) is 4.79 Å². The van der Waals surface area contributed by atoms with Crippen molar-refractivity contribution >= 4 is 16.3 Å². The number of benzene rings is 2. The molecule has 2 unspecified atom stereocenters. The van der Waals surface area contributed by atoms with Crippen molar-refractivity contribution in [3.05, 3.63) is 53.6 Å². The van der Waals surface area contributed by atoms with Gasteiger partial charge in [0.25, 0.3) is 0 Å². The lowest BCUT2D eigenvalue weighted by atomic mass is 9.87. The van der Waals surface area contributed by atoms with Crippen LogP contribution >= 0.6 is 0 Å². The minimum Gasteiger partial charge on any atom is -0.488 e. The van der Waals surface area contributed by atoms with E-state index in [-0.39, 0.29) is 17.6 Å². The first-order valence-corrected chi connectivity index (χ1v) is 14.5. The summed E-state index contributed by atoms with van der Waals surface area (Å²) in [6, 6.07) is 14.6. The average molecular weight is 530 g/mol. The van der Waals surface area contributed by atoms with E-state index in [1.54, 1.807) is 0 Å². The molecular formula is C29H39NO6S. The summed E-state index contributed by atoms with van der Waals surface area (Å²) in [6.07, 6.45) is 2.27. The smallest absolute Gasteiger partial charge is 0.387 e. The van der Waals surface area contributed by atoms with Gasteiger partial charge in [-0.2, -0.15) is 12.7 Å². The van der Waals surface area contributed by atoms with E-state index < -0.39 is 22.2 Å². The van der Waals surface area contributed by atoms with Crippen LogP contribution in [0.4, 0.5) is 0 Å². The van der Waals surface area contributed by atoms with Crippen molar-refractivity contribution in [3.8, 4) is 16.9 Å². The van der Waals surface area contributed by atoms with Gasteiger partial charge in [-0.05, 0) is 101 Å². The Kier molecular flexibility index (Phi) is 8.31. The Hall–Kier alpha value is -2.42. The van der Waals surface area contributed by atoms with Gasteiger partial charge in [0.05, 0.1) is 12.0 Å². The lowest BCUT2D eigenvalue weighted by Crippen LogP contribution is -2.41. The fourth-order valence-corrected chi connectivity index (χ4v) is 6.30. The number of hydrogen-bond acceptors (Lipinski definition) is 6. The molecule has 2 aromatic rings. The maximum atomic E-state index is 12.8. The second-order valence-corrected chi connectivity index (χ2v) is 12.8. The van der Waals surface area contributed by atoms with Crippen molar-refractivity contribution in [2.75, 3.05) is 19.7 Å². The molecule has 2 aliphatic heterocycles. The number of nitrogens with zero attached hydrogens (tertiary/aromatic N) is 1. The highest BCUT2D eigenvalue weighted by atomic mass is 32.2. The number of aryl methyl sites for hydroxylation is 1. The number of ether oxygens (including phenoxy) is 2. The van der Waals surface area contributed by atoms with Crippen LogP contribution < -0.4 is 4.74 Å². The molecule has 37 heavy (non-hydrogen) atoms. The van der Waals surface area contributed by atoms with E-state index in [2.05, 4.69) is 37.3 Å². The number of hydrogen-bond donors (Lipinski definition) is 0. The predicted octanol–water partition coefficient (Wildman–Crippen LogP) is 5.62. The van der Waals surface area contributed by atoms with Crippen LogP contribution in [0, 0.1) is 12.8 Å². The Labute approximate surface area is 221 Å². The summed E-state index contributed by atoms with van der Waals surface area (Å²) in [7, 11) is -4.09. The number of rotatable bonds is 6. The second-order valence-electron chi connectivity index (χ2n) is 11.3. The highest BCUT2D eigenvalue weighted by Gasteiger charge is 2.35. The summed E-state index contributed by atoms with van der Waals surface area (Å²) in [4.78, 5) is 12.5. The molecule has 202 valence electrons. The maximum Gasteiger partial charge on any atom is 0.387 e. The standard InChI is InChI=1S/C29H39NO6S/c1-20-17-23(9-10-27(20)24-7-6-8-26(19-24)35-29(3,4)5)22-11-14-30(15-12-22)37(32,33)36-28(31)25-13-16-34-21(2)18-25/h6-10,17,19,21-22,25H,11-16,18H2,1-5H3. The highest BCUT2D eigenvalue weighted by molar-refractivity contribution is 7.84. The fraction of sp³-hybridized carbons (Fsp3) is 0.552. The van der Waals surface area contributed by atoms with Gasteiger partial charge in [0, 0.05) is 19.7 Å². The molecule has 0 amide bonds.